The largest absolute Gasteiger partial charge is 0.480 e. The van der Waals surface area contributed by atoms with Crippen molar-refractivity contribution in [3.63, 3.8) is 0 Å². The zero-order valence-corrected chi connectivity index (χ0v) is 11.1. The van der Waals surface area contributed by atoms with Crippen molar-refractivity contribution in [1.82, 2.24) is 5.32 Å². The summed E-state index contributed by atoms with van der Waals surface area (Å²) in [5, 5.41) is 9.88. The Hall–Kier alpha value is -1.11. The van der Waals surface area contributed by atoms with E-state index in [1.807, 2.05) is 6.92 Å². The maximum Gasteiger partial charge on any atom is 0.326 e. The number of amides is 1. The predicted octanol–water partition coefficient (Wildman–Crippen LogP) is 0.179. The minimum Gasteiger partial charge on any atom is -0.480 e. The van der Waals surface area contributed by atoms with Crippen LogP contribution in [0.5, 0.6) is 0 Å². The zero-order valence-electron chi connectivity index (χ0n) is 10.3. The maximum absolute atomic E-state index is 11.5. The molecule has 0 rings (SSSR count). The zero-order chi connectivity index (χ0) is 13.6. The number of hydrogen-bond acceptors (Lipinski definition) is 4. The number of sulfone groups is 1. The fourth-order valence-electron chi connectivity index (χ4n) is 1.15. The maximum atomic E-state index is 11.5. The quantitative estimate of drug-likeness (QED) is 0.684. The van der Waals surface area contributed by atoms with Gasteiger partial charge in [-0.25, -0.2) is 13.2 Å². The van der Waals surface area contributed by atoms with Gasteiger partial charge < -0.3 is 10.4 Å². The number of unbranched alkanes of at least 4 members (excludes halogenated alkanes) is 1. The third-order valence-electron chi connectivity index (χ3n) is 2.47. The van der Waals surface area contributed by atoms with Crippen LogP contribution in [0, 0.1) is 0 Å². The summed E-state index contributed by atoms with van der Waals surface area (Å²) in [6.07, 6.45) is 2.71. The molecule has 0 aliphatic rings. The molecule has 0 saturated heterocycles. The summed E-state index contributed by atoms with van der Waals surface area (Å²) in [6, 6.07) is -1.02. The molecule has 0 heterocycles. The van der Waals surface area contributed by atoms with Crippen molar-refractivity contribution in [2.24, 2.45) is 0 Å². The van der Waals surface area contributed by atoms with E-state index in [-0.39, 0.29) is 0 Å². The number of hydrogen-bond donors (Lipinski definition) is 2. The van der Waals surface area contributed by atoms with Gasteiger partial charge >= 0.3 is 5.97 Å². The van der Waals surface area contributed by atoms with Crippen molar-refractivity contribution < 1.29 is 23.1 Å². The highest BCUT2D eigenvalue weighted by atomic mass is 32.2. The summed E-state index contributed by atoms with van der Waals surface area (Å²) in [4.78, 5) is 22.4. The Kier molecular flexibility index (Phi) is 6.15. The van der Waals surface area contributed by atoms with Gasteiger partial charge in [0, 0.05) is 6.26 Å². The minimum atomic E-state index is -3.50. The molecule has 0 aromatic carbocycles. The average molecular weight is 265 g/mol. The van der Waals surface area contributed by atoms with Crippen LogP contribution in [0.1, 0.15) is 33.1 Å². The number of carboxylic acids is 1. The molecular weight excluding hydrogens is 246 g/mol. The number of rotatable bonds is 7. The van der Waals surface area contributed by atoms with Crippen LogP contribution in [0.25, 0.3) is 0 Å². The predicted molar refractivity (Wildman–Crippen MR) is 63.4 cm³/mol. The van der Waals surface area contributed by atoms with Gasteiger partial charge in [0.15, 0.2) is 9.84 Å². The molecule has 2 atom stereocenters. The molecule has 7 heteroatoms. The highest BCUT2D eigenvalue weighted by Gasteiger charge is 2.27. The van der Waals surface area contributed by atoms with E-state index in [1.165, 1.54) is 6.92 Å². The lowest BCUT2D eigenvalue weighted by molar-refractivity contribution is -0.141. The molecule has 0 aromatic rings. The van der Waals surface area contributed by atoms with Gasteiger partial charge in [0.1, 0.15) is 11.3 Å². The molecule has 17 heavy (non-hydrogen) atoms. The van der Waals surface area contributed by atoms with E-state index < -0.39 is 33.0 Å². The van der Waals surface area contributed by atoms with Crippen LogP contribution in [0.2, 0.25) is 0 Å². The van der Waals surface area contributed by atoms with Gasteiger partial charge in [-0.2, -0.15) is 0 Å². The molecule has 100 valence electrons. The Morgan fingerprint density at radius 2 is 1.88 bits per heavy atom. The van der Waals surface area contributed by atoms with Crippen LogP contribution in [-0.2, 0) is 19.4 Å². The molecular formula is C10H19NO5S. The van der Waals surface area contributed by atoms with Crippen LogP contribution in [-0.4, -0.2) is 42.9 Å². The van der Waals surface area contributed by atoms with E-state index in [2.05, 4.69) is 5.32 Å². The lowest BCUT2D eigenvalue weighted by Gasteiger charge is -2.16. The van der Waals surface area contributed by atoms with Crippen molar-refractivity contribution in [3.05, 3.63) is 0 Å². The Balaban J connectivity index is 4.56. The SMILES string of the molecule is CCCC[C@H](NC(=O)C(C)S(C)(=O)=O)C(=O)O. The van der Waals surface area contributed by atoms with Crippen LogP contribution in [0.15, 0.2) is 0 Å². The van der Waals surface area contributed by atoms with Crippen molar-refractivity contribution >= 4 is 21.7 Å². The molecule has 0 saturated carbocycles. The van der Waals surface area contributed by atoms with Crippen molar-refractivity contribution in [2.45, 2.75) is 44.4 Å². The van der Waals surface area contributed by atoms with Gasteiger partial charge in [0.25, 0.3) is 0 Å². The van der Waals surface area contributed by atoms with Crippen LogP contribution in [0.4, 0.5) is 0 Å². The lowest BCUT2D eigenvalue weighted by Crippen LogP contribution is -2.46. The molecule has 6 nitrogen and oxygen atoms in total. The first-order valence-corrected chi connectivity index (χ1v) is 7.37. The lowest BCUT2D eigenvalue weighted by atomic mass is 10.1. The summed E-state index contributed by atoms with van der Waals surface area (Å²) in [5.41, 5.74) is 0. The highest BCUT2D eigenvalue weighted by molar-refractivity contribution is 7.92. The van der Waals surface area contributed by atoms with E-state index in [9.17, 15) is 18.0 Å². The highest BCUT2D eigenvalue weighted by Crippen LogP contribution is 2.04. The van der Waals surface area contributed by atoms with Crippen molar-refractivity contribution in [2.75, 3.05) is 6.26 Å². The molecule has 0 aliphatic carbocycles. The third kappa shape index (κ3) is 5.67. The van der Waals surface area contributed by atoms with E-state index in [1.54, 1.807) is 0 Å². The monoisotopic (exact) mass is 265 g/mol. The van der Waals surface area contributed by atoms with E-state index >= 15 is 0 Å². The molecule has 2 N–H and O–H groups in total. The van der Waals surface area contributed by atoms with E-state index in [4.69, 9.17) is 5.11 Å². The van der Waals surface area contributed by atoms with E-state index in [0.29, 0.717) is 12.8 Å². The molecule has 0 bridgehead atoms. The molecule has 1 unspecified atom stereocenters. The first kappa shape index (κ1) is 15.9. The van der Waals surface area contributed by atoms with Gasteiger partial charge in [0.05, 0.1) is 0 Å². The second kappa shape index (κ2) is 6.58. The number of aliphatic carboxylic acids is 1. The first-order chi connectivity index (χ1) is 7.70. The smallest absolute Gasteiger partial charge is 0.326 e. The average Bonchev–Trinajstić information content (AvgIpc) is 2.20. The van der Waals surface area contributed by atoms with Gasteiger partial charge in [-0.1, -0.05) is 19.8 Å². The number of carboxylic acid groups (broad SMARTS) is 1. The number of carbonyl (C=O) groups excluding carboxylic acids is 1. The summed E-state index contributed by atoms with van der Waals surface area (Å²) in [5.74, 6) is -1.91. The molecule has 1 amide bonds. The van der Waals surface area contributed by atoms with Gasteiger partial charge in [-0.3, -0.25) is 4.79 Å². The summed E-state index contributed by atoms with van der Waals surface area (Å²) in [6.45, 7) is 3.14. The first-order valence-electron chi connectivity index (χ1n) is 5.42. The fourth-order valence-corrected chi connectivity index (χ4v) is 1.61. The van der Waals surface area contributed by atoms with E-state index in [0.717, 1.165) is 12.7 Å². The second-order valence-corrected chi connectivity index (χ2v) is 6.38. The third-order valence-corrected chi connectivity index (χ3v) is 3.97. The Morgan fingerprint density at radius 1 is 1.35 bits per heavy atom. The van der Waals surface area contributed by atoms with Crippen LogP contribution in [0.3, 0.4) is 0 Å². The van der Waals surface area contributed by atoms with Crippen LogP contribution < -0.4 is 5.32 Å². The Morgan fingerprint density at radius 3 is 2.24 bits per heavy atom. The number of nitrogens with one attached hydrogen (secondary N) is 1. The van der Waals surface area contributed by atoms with Crippen molar-refractivity contribution in [1.29, 1.82) is 0 Å². The molecule has 0 aromatic heterocycles. The molecule has 0 fully saturated rings. The van der Waals surface area contributed by atoms with Crippen LogP contribution >= 0.6 is 0 Å². The summed E-state index contributed by atoms with van der Waals surface area (Å²) < 4.78 is 22.3. The minimum absolute atomic E-state index is 0.300. The van der Waals surface area contributed by atoms with Gasteiger partial charge in [-0.15, -0.1) is 0 Å². The summed E-state index contributed by atoms with van der Waals surface area (Å²) in [7, 11) is -3.50. The molecule has 0 radical (unpaired) electrons. The van der Waals surface area contributed by atoms with Crippen molar-refractivity contribution in [3.8, 4) is 0 Å². The Bertz CT molecular complexity index is 376. The Labute approximate surface area is 101 Å². The summed E-state index contributed by atoms with van der Waals surface area (Å²) >= 11 is 0. The number of carbonyl (C=O) groups is 2. The molecule has 0 aliphatic heterocycles. The van der Waals surface area contributed by atoms with Gasteiger partial charge in [0.2, 0.25) is 5.91 Å². The normalized spacial score (nSPS) is 15.0. The topological polar surface area (TPSA) is 101 Å². The fraction of sp³-hybridized carbons (Fsp3) is 0.800. The van der Waals surface area contributed by atoms with Gasteiger partial charge in [-0.05, 0) is 13.3 Å². The second-order valence-electron chi connectivity index (χ2n) is 4.01. The molecule has 0 spiro atoms. The standard InChI is InChI=1S/C10H19NO5S/c1-4-5-6-8(10(13)14)11-9(12)7(2)17(3,15)16/h7-8H,4-6H2,1-3H3,(H,11,12)(H,13,14)/t7?,8-/m0/s1.